The molecule has 0 aliphatic carbocycles. The smallest absolute Gasteiger partial charge is 0.0701 e. The summed E-state index contributed by atoms with van der Waals surface area (Å²) in [6.07, 6.45) is 0. The molecule has 0 aliphatic heterocycles. The molecule has 3 rings (SSSR count). The quantitative estimate of drug-likeness (QED) is 0.0320. The zero-order valence-corrected chi connectivity index (χ0v) is 64.9. The molecule has 2 N–H and O–H groups in total. The van der Waals surface area contributed by atoms with Gasteiger partial charge in [0.2, 0.25) is 0 Å². The van der Waals surface area contributed by atoms with Gasteiger partial charge in [0.05, 0.1) is 304 Å². The fraction of sp³-hybridized carbons (Fsp3) is 0.735. The van der Waals surface area contributed by atoms with E-state index in [1.807, 2.05) is 0 Å². The molecule has 0 amide bonds. The summed E-state index contributed by atoms with van der Waals surface area (Å²) in [5.41, 5.74) is 0. The van der Waals surface area contributed by atoms with E-state index in [2.05, 4.69) is 154 Å². The van der Waals surface area contributed by atoms with Crippen LogP contribution in [0.25, 0.3) is 0 Å². The maximum atomic E-state index is 8.55. The van der Waals surface area contributed by atoms with Gasteiger partial charge >= 0.3 is 142 Å². The van der Waals surface area contributed by atoms with Crippen LogP contribution in [0.2, 0.25) is 0 Å². The van der Waals surface area contributed by atoms with Gasteiger partial charge in [-0.3, -0.25) is 0 Å². The van der Waals surface area contributed by atoms with E-state index >= 15 is 0 Å². The van der Waals surface area contributed by atoms with Crippen LogP contribution < -0.4 is 15.9 Å². The van der Waals surface area contributed by atoms with Gasteiger partial charge in [0.25, 0.3) is 0 Å². The summed E-state index contributed by atoms with van der Waals surface area (Å²) in [6, 6.07) is 31.8. The van der Waals surface area contributed by atoms with E-state index in [-0.39, 0.29) is 13.2 Å². The first-order chi connectivity index (χ1) is 48.4. The van der Waals surface area contributed by atoms with Crippen molar-refractivity contribution in [2.45, 2.75) is 13.8 Å². The summed E-state index contributed by atoms with van der Waals surface area (Å²) in [6.45, 7) is 25.3. The molecule has 3 aromatic carbocycles. The Morgan fingerprint density at radius 2 is 0.351 bits per heavy atom. The molecule has 0 saturated carbocycles. The SMILES string of the molecule is BrCCOCCOCCOCCOCCOCCOCCOCCOCCOCCOCCOCCBr.BrP(Br)(c1ccccc1)(c1ccccc1)c1ccccc1.OCCOCCOCCOCCOCCOCCOCCOCCOCCOCCOCCOCCO.[2H]CC. The Morgan fingerprint density at radius 1 is 0.237 bits per heavy atom. The molecule has 97 heavy (non-hydrogen) atoms. The second-order valence-electron chi connectivity index (χ2n) is 19.2. The molecule has 0 unspecified atom stereocenters. The van der Waals surface area contributed by atoms with Gasteiger partial charge < -0.3 is 114 Å². The first-order valence-electron chi connectivity index (χ1n) is 34.0. The van der Waals surface area contributed by atoms with E-state index in [1.54, 1.807) is 6.92 Å². The number of hydrogen-bond acceptors (Lipinski definition) is 24. The molecule has 0 heterocycles. The van der Waals surface area contributed by atoms with E-state index in [0.717, 1.165) is 10.7 Å². The molecule has 0 saturated heterocycles. The van der Waals surface area contributed by atoms with E-state index in [4.69, 9.17) is 116 Å². The Morgan fingerprint density at radius 3 is 0.464 bits per heavy atom. The topological polar surface area (TPSA) is 244 Å². The van der Waals surface area contributed by atoms with Crippen LogP contribution in [0.3, 0.4) is 0 Å². The minimum atomic E-state index is -2.75. The predicted octanol–water partition coefficient (Wildman–Crippen LogP) is 7.27. The molecule has 0 aromatic heterocycles. The number of ether oxygens (including phenoxy) is 22. The van der Waals surface area contributed by atoms with E-state index < -0.39 is 4.01 Å². The molecular weight excluding hydrogens is 1550 g/mol. The number of aliphatic hydroxyl groups excluding tert-OH is 2. The van der Waals surface area contributed by atoms with Gasteiger partial charge in [-0.25, -0.2) is 0 Å². The van der Waals surface area contributed by atoms with Gasteiger partial charge in [-0.15, -0.1) is 0 Å². The van der Waals surface area contributed by atoms with Crippen LogP contribution in [0, 0.1) is 0 Å². The second kappa shape index (κ2) is 79.2. The van der Waals surface area contributed by atoms with Gasteiger partial charge in [-0.1, -0.05) is 45.7 Å². The van der Waals surface area contributed by atoms with Crippen LogP contribution in [-0.4, -0.2) is 325 Å². The summed E-state index contributed by atoms with van der Waals surface area (Å²) < 4.78 is 122. The Bertz CT molecular complexity index is 1730. The molecule has 568 valence electrons. The molecule has 3 aromatic rings. The van der Waals surface area contributed by atoms with E-state index in [1.165, 1.54) is 15.9 Å². The van der Waals surface area contributed by atoms with Crippen molar-refractivity contribution in [2.75, 3.05) is 315 Å². The summed E-state index contributed by atoms with van der Waals surface area (Å²) >= 11 is 14.9. The Hall–Kier alpha value is -0.950. The van der Waals surface area contributed by atoms with Crippen LogP contribution in [0.5, 0.6) is 0 Å². The number of alkyl halides is 2. The van der Waals surface area contributed by atoms with E-state index in [9.17, 15) is 0 Å². The average molecular weight is 1670 g/mol. The molecule has 0 spiro atoms. The predicted molar refractivity (Wildman–Crippen MR) is 394 cm³/mol. The van der Waals surface area contributed by atoms with Crippen molar-refractivity contribution in [3.63, 3.8) is 0 Å². The van der Waals surface area contributed by atoms with Crippen LogP contribution in [-0.2, 0) is 104 Å². The molecule has 0 atom stereocenters. The van der Waals surface area contributed by atoms with Gasteiger partial charge in [0.1, 0.15) is 0 Å². The van der Waals surface area contributed by atoms with Crippen molar-refractivity contribution in [2.24, 2.45) is 0 Å². The first-order valence-corrected chi connectivity index (χ1v) is 41.8. The minimum Gasteiger partial charge on any atom is -0.394 e. The Kier molecular flexibility index (Phi) is 76.8. The molecule has 0 fully saturated rings. The molecule has 29 heteroatoms. The summed E-state index contributed by atoms with van der Waals surface area (Å²) in [5, 5.41) is 22.6. The minimum absolute atomic E-state index is 0.0253. The van der Waals surface area contributed by atoms with Gasteiger partial charge in [-0.2, -0.15) is 0 Å². The number of rotatable bonds is 71. The van der Waals surface area contributed by atoms with Crippen molar-refractivity contribution < 1.29 is 116 Å². The molecule has 0 aliphatic rings. The van der Waals surface area contributed by atoms with Gasteiger partial charge in [-0.05, 0) is 0 Å². The Labute approximate surface area is 614 Å². The number of benzene rings is 3. The zero-order chi connectivity index (χ0) is 71.0. The maximum absolute atomic E-state index is 8.55. The van der Waals surface area contributed by atoms with Crippen molar-refractivity contribution in [1.82, 2.24) is 0 Å². The largest absolute Gasteiger partial charge is 0.394 e. The summed E-state index contributed by atoms with van der Waals surface area (Å²) in [4.78, 5) is 0. The van der Waals surface area contributed by atoms with Gasteiger partial charge in [0.15, 0.2) is 0 Å². The normalized spacial score (nSPS) is 11.9. The number of hydrogen-bond donors (Lipinski definition) is 2. The molecular formula is C68H119Br4O24P. The zero-order valence-electron chi connectivity index (χ0n) is 58.6. The molecule has 0 radical (unpaired) electrons. The number of aliphatic hydroxyl groups is 2. The summed E-state index contributed by atoms with van der Waals surface area (Å²) in [5.74, 6) is 0. The van der Waals surface area contributed by atoms with Crippen LogP contribution in [0.15, 0.2) is 91.0 Å². The van der Waals surface area contributed by atoms with Crippen molar-refractivity contribution in [3.8, 4) is 0 Å². The van der Waals surface area contributed by atoms with Crippen molar-refractivity contribution in [1.29, 1.82) is 0 Å². The monoisotopic (exact) mass is 1670 g/mol. The van der Waals surface area contributed by atoms with Gasteiger partial charge in [0, 0.05) is 12.0 Å². The van der Waals surface area contributed by atoms with Crippen molar-refractivity contribution in [3.05, 3.63) is 91.0 Å². The molecule has 24 nitrogen and oxygen atoms in total. The summed E-state index contributed by atoms with van der Waals surface area (Å²) in [7, 11) is 0. The van der Waals surface area contributed by atoms with E-state index in [0.29, 0.717) is 298 Å². The third kappa shape index (κ3) is 62.2. The maximum Gasteiger partial charge on any atom is 0.0701 e. The number of halogens is 4. The fourth-order valence-corrected chi connectivity index (χ4v) is 15.1. The Balaban J connectivity index is 0.00000146. The van der Waals surface area contributed by atoms with Crippen LogP contribution in [0.1, 0.15) is 15.2 Å². The third-order valence-corrected chi connectivity index (χ3v) is 23.6. The second-order valence-corrected chi connectivity index (χ2v) is 35.5. The first kappa shape index (κ1) is 94.1. The fourth-order valence-electron chi connectivity index (χ4n) is 7.36. The average Bonchev–Trinajstić information content (AvgIpc) is 0.723. The van der Waals surface area contributed by atoms with Crippen LogP contribution in [0.4, 0.5) is 0 Å². The van der Waals surface area contributed by atoms with Crippen LogP contribution >= 0.6 is 66.8 Å². The molecule has 0 bridgehead atoms. The standard InChI is InChI=1S/C24H48Br2O11.C24H50O13.C18H15Br2P.C2H6/c2*25-1-3-27-5-7-29-9-11-31-13-15-33-17-19-35-21-23-37-24-22-36-20-18-34-16-14-32-12-10-30-8-6-28-4-2-26;19-21(20,16-10-4-1-5-11-16,17-12-6-2-7-13-17)18-14-8-3-9-15-18;1-2/h1-24H2;25-26H,1-24H2;1-15H;1-2H3/i;;;1D. The van der Waals surface area contributed by atoms with Crippen molar-refractivity contribution >= 4 is 82.8 Å². The third-order valence-electron chi connectivity index (χ3n) is 12.0.